The second-order valence-electron chi connectivity index (χ2n) is 4.62. The number of rotatable bonds is 5. The van der Waals surface area contributed by atoms with Gasteiger partial charge in [0.15, 0.2) is 0 Å². The Kier molecular flexibility index (Phi) is 4.84. The number of anilines is 1. The third kappa shape index (κ3) is 3.29. The van der Waals surface area contributed by atoms with E-state index in [2.05, 4.69) is 5.32 Å². The molecule has 118 valence electrons. The van der Waals surface area contributed by atoms with Gasteiger partial charge in [-0.05, 0) is 29.6 Å². The van der Waals surface area contributed by atoms with Crippen LogP contribution in [-0.2, 0) is 10.0 Å². The molecule has 0 fully saturated rings. The molecule has 0 saturated carbocycles. The molecule has 2 rings (SSSR count). The fourth-order valence-corrected chi connectivity index (χ4v) is 3.31. The molecule has 0 aliphatic rings. The van der Waals surface area contributed by atoms with Crippen molar-refractivity contribution in [3.05, 3.63) is 40.6 Å². The maximum atomic E-state index is 12.2. The van der Waals surface area contributed by atoms with Gasteiger partial charge < -0.3 is 10.1 Å². The largest absolute Gasteiger partial charge is 0.495 e. The number of hydrogen-bond donors (Lipinski definition) is 1. The Morgan fingerprint density at radius 3 is 2.55 bits per heavy atom. The fourth-order valence-electron chi connectivity index (χ4n) is 1.74. The molecule has 8 heteroatoms. The fraction of sp³-hybridized carbons (Fsp3) is 0.214. The van der Waals surface area contributed by atoms with Crippen LogP contribution in [0, 0.1) is 0 Å². The van der Waals surface area contributed by atoms with Gasteiger partial charge in [0.05, 0.1) is 23.3 Å². The van der Waals surface area contributed by atoms with Crippen molar-refractivity contribution in [2.45, 2.75) is 4.90 Å². The zero-order valence-corrected chi connectivity index (χ0v) is 14.0. The van der Waals surface area contributed by atoms with E-state index in [-0.39, 0.29) is 10.8 Å². The first-order chi connectivity index (χ1) is 10.4. The molecule has 0 bridgehead atoms. The number of nitrogens with one attached hydrogen (secondary N) is 1. The van der Waals surface area contributed by atoms with Crippen LogP contribution in [0.25, 0.3) is 0 Å². The van der Waals surface area contributed by atoms with Crippen LogP contribution in [0.15, 0.2) is 39.9 Å². The average Bonchev–Trinajstić information content (AvgIpc) is 3.01. The molecule has 1 heterocycles. The molecule has 1 amide bonds. The summed E-state index contributed by atoms with van der Waals surface area (Å²) >= 11 is 1.41. The van der Waals surface area contributed by atoms with E-state index in [1.807, 2.05) is 0 Å². The molecule has 0 spiro atoms. The van der Waals surface area contributed by atoms with Crippen LogP contribution in [0.3, 0.4) is 0 Å². The van der Waals surface area contributed by atoms with Crippen LogP contribution in [0.4, 0.5) is 5.69 Å². The second kappa shape index (κ2) is 6.47. The minimum Gasteiger partial charge on any atom is -0.495 e. The molecule has 1 aromatic heterocycles. The lowest BCUT2D eigenvalue weighted by molar-refractivity contribution is 0.102. The highest BCUT2D eigenvalue weighted by atomic mass is 32.2. The molecular formula is C14H16N2O4S2. The van der Waals surface area contributed by atoms with E-state index in [9.17, 15) is 13.2 Å². The number of ether oxygens (including phenoxy) is 1. The molecule has 0 radical (unpaired) electrons. The van der Waals surface area contributed by atoms with E-state index in [0.717, 1.165) is 4.31 Å². The zero-order valence-electron chi connectivity index (χ0n) is 12.4. The van der Waals surface area contributed by atoms with E-state index < -0.39 is 10.0 Å². The lowest BCUT2D eigenvalue weighted by Gasteiger charge is -2.15. The maximum absolute atomic E-state index is 12.2. The Hall–Kier alpha value is -1.90. The lowest BCUT2D eigenvalue weighted by atomic mass is 10.2. The Bertz CT molecular complexity index is 768. The van der Waals surface area contributed by atoms with Crippen molar-refractivity contribution in [1.29, 1.82) is 0 Å². The first-order valence-corrected chi connectivity index (χ1v) is 8.68. The summed E-state index contributed by atoms with van der Waals surface area (Å²) in [5, 5.41) is 6.18. The quantitative estimate of drug-likeness (QED) is 0.906. The van der Waals surface area contributed by atoms with Gasteiger partial charge in [-0.1, -0.05) is 0 Å². The predicted octanol–water partition coefficient (Wildman–Crippen LogP) is 2.26. The van der Waals surface area contributed by atoms with Gasteiger partial charge in [0.25, 0.3) is 5.91 Å². The van der Waals surface area contributed by atoms with E-state index in [1.165, 1.54) is 50.7 Å². The van der Waals surface area contributed by atoms with Crippen molar-refractivity contribution in [2.24, 2.45) is 0 Å². The van der Waals surface area contributed by atoms with E-state index in [4.69, 9.17) is 4.74 Å². The standard InChI is InChI=1S/C14H16N2O4S2/c1-16(2)22(18,19)11-4-5-13(20-3)12(8-11)15-14(17)10-6-7-21-9-10/h4-9H,1-3H3,(H,15,17). The van der Waals surface area contributed by atoms with Crippen LogP contribution in [0.5, 0.6) is 5.75 Å². The number of amides is 1. The van der Waals surface area contributed by atoms with E-state index >= 15 is 0 Å². The lowest BCUT2D eigenvalue weighted by Crippen LogP contribution is -2.22. The third-order valence-electron chi connectivity index (χ3n) is 2.98. The van der Waals surface area contributed by atoms with E-state index in [1.54, 1.807) is 16.8 Å². The normalized spacial score (nSPS) is 11.5. The topological polar surface area (TPSA) is 75.7 Å². The Balaban J connectivity index is 2.39. The molecule has 0 aliphatic carbocycles. The summed E-state index contributed by atoms with van der Waals surface area (Å²) in [4.78, 5) is 12.2. The van der Waals surface area contributed by atoms with Crippen LogP contribution < -0.4 is 10.1 Å². The molecule has 0 atom stereocenters. The third-order valence-corrected chi connectivity index (χ3v) is 5.48. The van der Waals surface area contributed by atoms with Crippen molar-refractivity contribution >= 4 is 33.0 Å². The van der Waals surface area contributed by atoms with Gasteiger partial charge in [-0.15, -0.1) is 0 Å². The van der Waals surface area contributed by atoms with Gasteiger partial charge in [-0.2, -0.15) is 11.3 Å². The van der Waals surface area contributed by atoms with Crippen molar-refractivity contribution in [3.63, 3.8) is 0 Å². The van der Waals surface area contributed by atoms with Gasteiger partial charge >= 0.3 is 0 Å². The van der Waals surface area contributed by atoms with Gasteiger partial charge in [0.1, 0.15) is 5.75 Å². The van der Waals surface area contributed by atoms with Gasteiger partial charge in [0, 0.05) is 19.5 Å². The number of carbonyl (C=O) groups excluding carboxylic acids is 1. The monoisotopic (exact) mass is 340 g/mol. The molecule has 1 N–H and O–H groups in total. The van der Waals surface area contributed by atoms with Crippen LogP contribution >= 0.6 is 11.3 Å². The molecule has 2 aromatic rings. The molecule has 6 nitrogen and oxygen atoms in total. The van der Waals surface area contributed by atoms with Crippen molar-refractivity contribution in [1.82, 2.24) is 4.31 Å². The molecule has 0 aliphatic heterocycles. The number of methoxy groups -OCH3 is 1. The molecule has 1 aromatic carbocycles. The number of carbonyl (C=O) groups is 1. The Morgan fingerprint density at radius 2 is 2.00 bits per heavy atom. The minimum atomic E-state index is -3.59. The summed E-state index contributed by atoms with van der Waals surface area (Å²) < 4.78 is 30.6. The van der Waals surface area contributed by atoms with Crippen LogP contribution in [-0.4, -0.2) is 39.8 Å². The highest BCUT2D eigenvalue weighted by Crippen LogP contribution is 2.29. The first kappa shape index (κ1) is 16.5. The molecule has 0 unspecified atom stereocenters. The van der Waals surface area contributed by atoms with Gasteiger partial charge in [-0.3, -0.25) is 4.79 Å². The van der Waals surface area contributed by atoms with Crippen molar-refractivity contribution < 1.29 is 17.9 Å². The summed E-state index contributed by atoms with van der Waals surface area (Å²) in [6, 6.07) is 6.03. The number of nitrogens with zero attached hydrogens (tertiary/aromatic N) is 1. The predicted molar refractivity (Wildman–Crippen MR) is 86.1 cm³/mol. The Morgan fingerprint density at radius 1 is 1.27 bits per heavy atom. The maximum Gasteiger partial charge on any atom is 0.256 e. The number of hydrogen-bond acceptors (Lipinski definition) is 5. The zero-order chi connectivity index (χ0) is 16.3. The van der Waals surface area contributed by atoms with Crippen molar-refractivity contribution in [2.75, 3.05) is 26.5 Å². The smallest absolute Gasteiger partial charge is 0.256 e. The summed E-state index contributed by atoms with van der Waals surface area (Å²) in [5.41, 5.74) is 0.814. The number of thiophene rings is 1. The summed E-state index contributed by atoms with van der Waals surface area (Å²) in [6.45, 7) is 0. The van der Waals surface area contributed by atoms with E-state index in [0.29, 0.717) is 17.0 Å². The molecule has 22 heavy (non-hydrogen) atoms. The second-order valence-corrected chi connectivity index (χ2v) is 7.55. The average molecular weight is 340 g/mol. The summed E-state index contributed by atoms with van der Waals surface area (Å²) in [6.07, 6.45) is 0. The van der Waals surface area contributed by atoms with Gasteiger partial charge in [-0.25, -0.2) is 12.7 Å². The molecule has 0 saturated heterocycles. The van der Waals surface area contributed by atoms with Crippen LogP contribution in [0.1, 0.15) is 10.4 Å². The molecular weight excluding hydrogens is 324 g/mol. The van der Waals surface area contributed by atoms with Gasteiger partial charge in [0.2, 0.25) is 10.0 Å². The summed E-state index contributed by atoms with van der Waals surface area (Å²) in [5.74, 6) is 0.0697. The number of benzene rings is 1. The van der Waals surface area contributed by atoms with Crippen LogP contribution in [0.2, 0.25) is 0 Å². The minimum absolute atomic E-state index is 0.0823. The Labute approximate surface area is 133 Å². The van der Waals surface area contributed by atoms with Crippen molar-refractivity contribution in [3.8, 4) is 5.75 Å². The highest BCUT2D eigenvalue weighted by molar-refractivity contribution is 7.89. The number of sulfonamides is 1. The first-order valence-electron chi connectivity index (χ1n) is 6.30. The highest BCUT2D eigenvalue weighted by Gasteiger charge is 2.20. The summed E-state index contributed by atoms with van der Waals surface area (Å²) in [7, 11) is 0.764. The SMILES string of the molecule is COc1ccc(S(=O)(=O)N(C)C)cc1NC(=O)c1ccsc1.